The van der Waals surface area contributed by atoms with Crippen LogP contribution in [0.4, 0.5) is 0 Å². The summed E-state index contributed by atoms with van der Waals surface area (Å²) < 4.78 is 28.2. The van der Waals surface area contributed by atoms with Gasteiger partial charge in [0.25, 0.3) is 0 Å². The number of aromatic nitrogens is 1. The molecule has 0 N–H and O–H groups in total. The maximum Gasteiger partial charge on any atom is 0.249 e. The van der Waals surface area contributed by atoms with Gasteiger partial charge in [-0.05, 0) is 56.4 Å². The predicted molar refractivity (Wildman–Crippen MR) is 126 cm³/mol. The lowest BCUT2D eigenvalue weighted by atomic mass is 10.1. The van der Waals surface area contributed by atoms with Gasteiger partial charge >= 0.3 is 0 Å². The summed E-state index contributed by atoms with van der Waals surface area (Å²) >= 11 is 3.22. The van der Waals surface area contributed by atoms with Crippen LogP contribution in [0, 0.1) is 20.8 Å². The lowest BCUT2D eigenvalue weighted by Crippen LogP contribution is -2.19. The highest BCUT2D eigenvalue weighted by Crippen LogP contribution is 2.24. The summed E-state index contributed by atoms with van der Waals surface area (Å²) in [5.74, 6) is 0.248. The molecule has 0 saturated carbocycles. The number of thioether (sulfide) groups is 1. The van der Waals surface area contributed by atoms with E-state index in [4.69, 9.17) is 0 Å². The van der Waals surface area contributed by atoms with Gasteiger partial charge in [0, 0.05) is 18.7 Å². The standard InChI is InChI=1S/C22H26N2O3S3/c1-15-5-7-18(8-6-15)30(26,27)12-9-20(25)23-22-24(10-11-28-4)19-14-16(2)13-17(3)21(19)29-22/h5-8,13-14H,9-12H2,1-4H3. The average Bonchev–Trinajstić information content (AvgIpc) is 3.02. The maximum absolute atomic E-state index is 12.6. The molecule has 0 saturated heterocycles. The molecule has 0 fully saturated rings. The molecule has 0 aliphatic rings. The molecule has 8 heteroatoms. The van der Waals surface area contributed by atoms with Crippen LogP contribution in [0.15, 0.2) is 46.3 Å². The molecular formula is C22H26N2O3S3. The number of sulfone groups is 1. The van der Waals surface area contributed by atoms with E-state index in [0.29, 0.717) is 4.80 Å². The molecule has 160 valence electrons. The first kappa shape index (κ1) is 22.8. The van der Waals surface area contributed by atoms with Gasteiger partial charge in [0.15, 0.2) is 14.6 Å². The summed E-state index contributed by atoms with van der Waals surface area (Å²) in [6.45, 7) is 6.77. The van der Waals surface area contributed by atoms with Crippen molar-refractivity contribution in [2.24, 2.45) is 4.99 Å². The van der Waals surface area contributed by atoms with Crippen LogP contribution in [-0.2, 0) is 21.2 Å². The third kappa shape index (κ3) is 5.22. The van der Waals surface area contributed by atoms with Crippen molar-refractivity contribution < 1.29 is 13.2 Å². The van der Waals surface area contributed by atoms with Crippen molar-refractivity contribution in [3.05, 3.63) is 57.9 Å². The number of benzene rings is 2. The monoisotopic (exact) mass is 462 g/mol. The quantitative estimate of drug-likeness (QED) is 0.525. The number of hydrogen-bond donors (Lipinski definition) is 0. The lowest BCUT2D eigenvalue weighted by molar-refractivity contribution is -0.117. The van der Waals surface area contributed by atoms with E-state index >= 15 is 0 Å². The van der Waals surface area contributed by atoms with Gasteiger partial charge in [-0.15, -0.1) is 0 Å². The van der Waals surface area contributed by atoms with Crippen LogP contribution < -0.4 is 4.80 Å². The van der Waals surface area contributed by atoms with Crippen LogP contribution in [-0.4, -0.2) is 36.7 Å². The second-order valence-corrected chi connectivity index (χ2v) is 11.4. The molecule has 0 aliphatic heterocycles. The molecular weight excluding hydrogens is 436 g/mol. The summed E-state index contributed by atoms with van der Waals surface area (Å²) in [6.07, 6.45) is 1.91. The molecule has 3 aromatic rings. The number of amides is 1. The van der Waals surface area contributed by atoms with Gasteiger partial charge in [-0.3, -0.25) is 4.79 Å². The van der Waals surface area contributed by atoms with E-state index in [0.717, 1.165) is 39.2 Å². The van der Waals surface area contributed by atoms with Crippen molar-refractivity contribution in [3.63, 3.8) is 0 Å². The SMILES string of the molecule is CSCCn1c(=NC(=O)CCS(=O)(=O)c2ccc(C)cc2)sc2c(C)cc(C)cc21. The molecule has 0 atom stereocenters. The van der Waals surface area contributed by atoms with Gasteiger partial charge in [-0.1, -0.05) is 35.1 Å². The Balaban J connectivity index is 1.89. The Bertz CT molecular complexity index is 1240. The fourth-order valence-corrected chi connectivity index (χ4v) is 5.96. The Hall–Kier alpha value is -1.90. The summed E-state index contributed by atoms with van der Waals surface area (Å²) in [6, 6.07) is 10.9. The Morgan fingerprint density at radius 1 is 1.10 bits per heavy atom. The number of fused-ring (bicyclic) bond motifs is 1. The number of thiazole rings is 1. The zero-order chi connectivity index (χ0) is 21.9. The van der Waals surface area contributed by atoms with Gasteiger partial charge in [-0.2, -0.15) is 16.8 Å². The fourth-order valence-electron chi connectivity index (χ4n) is 3.24. The fraction of sp³-hybridized carbons (Fsp3) is 0.364. The number of nitrogens with zero attached hydrogens (tertiary/aromatic N) is 2. The normalized spacial score (nSPS) is 12.6. The van der Waals surface area contributed by atoms with E-state index in [-0.39, 0.29) is 17.1 Å². The topological polar surface area (TPSA) is 68.5 Å². The van der Waals surface area contributed by atoms with Crippen molar-refractivity contribution in [1.29, 1.82) is 0 Å². The summed E-state index contributed by atoms with van der Waals surface area (Å²) in [4.78, 5) is 17.7. The van der Waals surface area contributed by atoms with Crippen LogP contribution >= 0.6 is 23.1 Å². The van der Waals surface area contributed by atoms with Gasteiger partial charge in [-0.25, -0.2) is 8.42 Å². The van der Waals surface area contributed by atoms with Crippen LogP contribution in [0.5, 0.6) is 0 Å². The molecule has 5 nitrogen and oxygen atoms in total. The number of carbonyl (C=O) groups is 1. The van der Waals surface area contributed by atoms with Crippen molar-refractivity contribution in [2.45, 2.75) is 38.6 Å². The van der Waals surface area contributed by atoms with E-state index in [1.807, 2.05) is 13.2 Å². The molecule has 3 rings (SSSR count). The molecule has 1 aromatic heterocycles. The molecule has 0 aliphatic carbocycles. The average molecular weight is 463 g/mol. The number of aryl methyl sites for hydroxylation is 4. The Morgan fingerprint density at radius 3 is 2.47 bits per heavy atom. The largest absolute Gasteiger partial charge is 0.315 e. The van der Waals surface area contributed by atoms with Gasteiger partial charge in [0.1, 0.15) is 0 Å². The highest BCUT2D eigenvalue weighted by Gasteiger charge is 2.17. The number of hydrogen-bond acceptors (Lipinski definition) is 5. The van der Waals surface area contributed by atoms with Crippen LogP contribution in [0.3, 0.4) is 0 Å². The predicted octanol–water partition coefficient (Wildman–Crippen LogP) is 4.28. The molecule has 2 aromatic carbocycles. The van der Waals surface area contributed by atoms with Crippen molar-refractivity contribution in [2.75, 3.05) is 17.8 Å². The second-order valence-electron chi connectivity index (χ2n) is 7.35. The van der Waals surface area contributed by atoms with Crippen LogP contribution in [0.1, 0.15) is 23.1 Å². The highest BCUT2D eigenvalue weighted by molar-refractivity contribution is 7.98. The van der Waals surface area contributed by atoms with E-state index in [1.165, 1.54) is 11.3 Å². The van der Waals surface area contributed by atoms with E-state index in [2.05, 4.69) is 35.5 Å². The first-order chi connectivity index (χ1) is 14.2. The third-order valence-electron chi connectivity index (χ3n) is 4.82. The summed E-state index contributed by atoms with van der Waals surface area (Å²) in [5, 5.41) is 0. The summed E-state index contributed by atoms with van der Waals surface area (Å²) in [5.41, 5.74) is 4.39. The van der Waals surface area contributed by atoms with Crippen molar-refractivity contribution >= 4 is 49.1 Å². The zero-order valence-corrected chi connectivity index (χ0v) is 20.1. The van der Waals surface area contributed by atoms with Gasteiger partial charge in [0.2, 0.25) is 5.91 Å². The Labute approximate surface area is 185 Å². The molecule has 1 heterocycles. The van der Waals surface area contributed by atoms with Gasteiger partial charge in [0.05, 0.1) is 20.9 Å². The van der Waals surface area contributed by atoms with E-state index < -0.39 is 15.7 Å². The van der Waals surface area contributed by atoms with Crippen molar-refractivity contribution in [1.82, 2.24) is 4.57 Å². The van der Waals surface area contributed by atoms with Crippen LogP contribution in [0.25, 0.3) is 10.2 Å². The molecule has 30 heavy (non-hydrogen) atoms. The third-order valence-corrected chi connectivity index (χ3v) is 8.37. The molecule has 0 radical (unpaired) electrons. The zero-order valence-electron chi connectivity index (χ0n) is 17.6. The minimum Gasteiger partial charge on any atom is -0.315 e. The Kier molecular flexibility index (Phi) is 7.21. The number of carbonyl (C=O) groups excluding carboxylic acids is 1. The maximum atomic E-state index is 12.6. The molecule has 0 unspecified atom stereocenters. The first-order valence-electron chi connectivity index (χ1n) is 9.68. The molecule has 1 amide bonds. The second kappa shape index (κ2) is 9.49. The smallest absolute Gasteiger partial charge is 0.249 e. The van der Waals surface area contributed by atoms with Gasteiger partial charge < -0.3 is 4.57 Å². The minimum absolute atomic E-state index is 0.134. The van der Waals surface area contributed by atoms with Crippen molar-refractivity contribution in [3.8, 4) is 0 Å². The number of rotatable bonds is 7. The Morgan fingerprint density at radius 2 is 1.80 bits per heavy atom. The molecule has 0 bridgehead atoms. The van der Waals surface area contributed by atoms with E-state index in [1.54, 1.807) is 36.0 Å². The first-order valence-corrected chi connectivity index (χ1v) is 13.5. The van der Waals surface area contributed by atoms with E-state index in [9.17, 15) is 13.2 Å². The van der Waals surface area contributed by atoms with Crippen LogP contribution in [0.2, 0.25) is 0 Å². The highest BCUT2D eigenvalue weighted by atomic mass is 32.2. The summed E-state index contributed by atoms with van der Waals surface area (Å²) in [7, 11) is -3.51. The minimum atomic E-state index is -3.51. The lowest BCUT2D eigenvalue weighted by Gasteiger charge is -2.06. The molecule has 0 spiro atoms.